The SMILES string of the molecule is COc1ccc(NC(=O)C=O)cc1C(C)C. The highest BCUT2D eigenvalue weighted by atomic mass is 16.5. The topological polar surface area (TPSA) is 55.4 Å². The van der Waals surface area contributed by atoms with Gasteiger partial charge in [-0.1, -0.05) is 13.8 Å². The minimum absolute atomic E-state index is 0.249. The number of rotatable bonds is 4. The number of nitrogens with one attached hydrogen (secondary N) is 1. The van der Waals surface area contributed by atoms with E-state index in [1.807, 2.05) is 19.9 Å². The first kappa shape index (κ1) is 12.2. The predicted octanol–water partition coefficient (Wildman–Crippen LogP) is 1.96. The summed E-state index contributed by atoms with van der Waals surface area (Å²) in [6.45, 7) is 4.06. The number of benzene rings is 1. The van der Waals surface area contributed by atoms with Crippen LogP contribution in [0, 0.1) is 0 Å². The van der Waals surface area contributed by atoms with Gasteiger partial charge in [0.1, 0.15) is 5.75 Å². The van der Waals surface area contributed by atoms with Crippen molar-refractivity contribution in [3.05, 3.63) is 23.8 Å². The summed E-state index contributed by atoms with van der Waals surface area (Å²) in [5.41, 5.74) is 1.59. The van der Waals surface area contributed by atoms with E-state index in [1.165, 1.54) is 0 Å². The van der Waals surface area contributed by atoms with Crippen LogP contribution in [0.5, 0.6) is 5.75 Å². The van der Waals surface area contributed by atoms with Crippen LogP contribution in [0.1, 0.15) is 25.3 Å². The molecule has 86 valence electrons. The minimum Gasteiger partial charge on any atom is -0.496 e. The lowest BCUT2D eigenvalue weighted by Gasteiger charge is -2.13. The number of amides is 1. The van der Waals surface area contributed by atoms with Gasteiger partial charge >= 0.3 is 0 Å². The average molecular weight is 221 g/mol. The van der Waals surface area contributed by atoms with Gasteiger partial charge in [0.05, 0.1) is 7.11 Å². The van der Waals surface area contributed by atoms with Crippen molar-refractivity contribution in [1.82, 2.24) is 0 Å². The van der Waals surface area contributed by atoms with E-state index in [9.17, 15) is 9.59 Å². The van der Waals surface area contributed by atoms with Crippen LogP contribution in [0.3, 0.4) is 0 Å². The summed E-state index contributed by atoms with van der Waals surface area (Å²) in [7, 11) is 1.60. The fourth-order valence-electron chi connectivity index (χ4n) is 1.44. The van der Waals surface area contributed by atoms with Crippen LogP contribution in [0.25, 0.3) is 0 Å². The number of carbonyl (C=O) groups excluding carboxylic acids is 2. The van der Waals surface area contributed by atoms with E-state index in [0.717, 1.165) is 11.3 Å². The Morgan fingerprint density at radius 3 is 2.62 bits per heavy atom. The van der Waals surface area contributed by atoms with Crippen molar-refractivity contribution in [2.45, 2.75) is 19.8 Å². The third-order valence-electron chi connectivity index (χ3n) is 2.23. The molecule has 0 aliphatic rings. The highest BCUT2D eigenvalue weighted by Gasteiger charge is 2.09. The Bertz CT molecular complexity index is 399. The van der Waals surface area contributed by atoms with E-state index >= 15 is 0 Å². The normalized spacial score (nSPS) is 10.0. The van der Waals surface area contributed by atoms with Gasteiger partial charge in [-0.15, -0.1) is 0 Å². The second-order valence-corrected chi connectivity index (χ2v) is 3.72. The number of carbonyl (C=O) groups is 2. The predicted molar refractivity (Wildman–Crippen MR) is 61.8 cm³/mol. The van der Waals surface area contributed by atoms with E-state index in [4.69, 9.17) is 4.74 Å². The molecule has 0 atom stereocenters. The maximum absolute atomic E-state index is 10.9. The summed E-state index contributed by atoms with van der Waals surface area (Å²) in [5, 5.41) is 2.48. The van der Waals surface area contributed by atoms with Crippen molar-refractivity contribution in [3.63, 3.8) is 0 Å². The van der Waals surface area contributed by atoms with Crippen molar-refractivity contribution in [3.8, 4) is 5.75 Å². The summed E-state index contributed by atoms with van der Waals surface area (Å²) in [6.07, 6.45) is 0.249. The zero-order valence-corrected chi connectivity index (χ0v) is 9.61. The quantitative estimate of drug-likeness (QED) is 0.624. The van der Waals surface area contributed by atoms with Crippen molar-refractivity contribution < 1.29 is 14.3 Å². The zero-order valence-electron chi connectivity index (χ0n) is 9.61. The molecule has 0 aromatic heterocycles. The highest BCUT2D eigenvalue weighted by Crippen LogP contribution is 2.28. The number of anilines is 1. The lowest BCUT2D eigenvalue weighted by Crippen LogP contribution is -2.12. The number of ether oxygens (including phenoxy) is 1. The van der Waals surface area contributed by atoms with Gasteiger partial charge in [0.25, 0.3) is 5.91 Å². The van der Waals surface area contributed by atoms with Crippen molar-refractivity contribution in [2.75, 3.05) is 12.4 Å². The molecule has 0 spiro atoms. The molecule has 0 heterocycles. The Morgan fingerprint density at radius 1 is 1.44 bits per heavy atom. The molecular weight excluding hydrogens is 206 g/mol. The summed E-state index contributed by atoms with van der Waals surface area (Å²) in [4.78, 5) is 21.1. The van der Waals surface area contributed by atoms with E-state index in [2.05, 4.69) is 5.32 Å². The van der Waals surface area contributed by atoms with Crippen LogP contribution in [-0.4, -0.2) is 19.3 Å². The Kier molecular flexibility index (Phi) is 4.05. The Balaban J connectivity index is 3.02. The summed E-state index contributed by atoms with van der Waals surface area (Å²) in [6, 6.07) is 5.28. The van der Waals surface area contributed by atoms with E-state index < -0.39 is 5.91 Å². The Labute approximate surface area is 94.6 Å². The van der Waals surface area contributed by atoms with Gasteiger partial charge in [-0.3, -0.25) is 9.59 Å². The maximum atomic E-state index is 10.9. The van der Waals surface area contributed by atoms with Crippen LogP contribution in [0.15, 0.2) is 18.2 Å². The first-order valence-electron chi connectivity index (χ1n) is 5.02. The van der Waals surface area contributed by atoms with Gasteiger partial charge in [-0.2, -0.15) is 0 Å². The second kappa shape index (κ2) is 5.30. The zero-order chi connectivity index (χ0) is 12.1. The molecule has 1 rings (SSSR count). The molecule has 0 radical (unpaired) electrons. The Hall–Kier alpha value is -1.84. The molecule has 1 aromatic rings. The number of methoxy groups -OCH3 is 1. The van der Waals surface area contributed by atoms with Gasteiger partial charge in [-0.25, -0.2) is 0 Å². The average Bonchev–Trinajstić information content (AvgIpc) is 2.28. The molecule has 4 heteroatoms. The number of aldehydes is 1. The molecule has 4 nitrogen and oxygen atoms in total. The van der Waals surface area contributed by atoms with Gasteiger partial charge in [0.2, 0.25) is 6.29 Å². The molecule has 0 bridgehead atoms. The first-order chi connectivity index (χ1) is 7.58. The van der Waals surface area contributed by atoms with Crippen LogP contribution >= 0.6 is 0 Å². The van der Waals surface area contributed by atoms with Crippen LogP contribution in [-0.2, 0) is 9.59 Å². The molecular formula is C12H15NO3. The molecule has 0 unspecified atom stereocenters. The third-order valence-corrected chi connectivity index (χ3v) is 2.23. The lowest BCUT2D eigenvalue weighted by atomic mass is 10.0. The molecule has 0 aliphatic carbocycles. The second-order valence-electron chi connectivity index (χ2n) is 3.72. The fourth-order valence-corrected chi connectivity index (χ4v) is 1.44. The van der Waals surface area contributed by atoms with Gasteiger partial charge in [0.15, 0.2) is 0 Å². The van der Waals surface area contributed by atoms with Gasteiger partial charge < -0.3 is 10.1 Å². The van der Waals surface area contributed by atoms with Gasteiger partial charge in [0, 0.05) is 5.69 Å². The molecule has 0 fully saturated rings. The largest absolute Gasteiger partial charge is 0.496 e. The van der Waals surface area contributed by atoms with E-state index in [0.29, 0.717) is 5.69 Å². The summed E-state index contributed by atoms with van der Waals surface area (Å²) >= 11 is 0. The third kappa shape index (κ3) is 2.82. The molecule has 0 saturated carbocycles. The molecule has 0 aliphatic heterocycles. The highest BCUT2D eigenvalue weighted by molar-refractivity contribution is 6.29. The minimum atomic E-state index is -0.653. The van der Waals surface area contributed by atoms with Crippen LogP contribution in [0.4, 0.5) is 5.69 Å². The molecule has 1 N–H and O–H groups in total. The summed E-state index contributed by atoms with van der Waals surface area (Å²) < 4.78 is 5.21. The molecule has 16 heavy (non-hydrogen) atoms. The number of hydrogen-bond donors (Lipinski definition) is 1. The lowest BCUT2D eigenvalue weighted by molar-refractivity contribution is -0.127. The number of hydrogen-bond acceptors (Lipinski definition) is 3. The molecule has 1 aromatic carbocycles. The molecule has 0 saturated heterocycles. The maximum Gasteiger partial charge on any atom is 0.288 e. The van der Waals surface area contributed by atoms with Crippen molar-refractivity contribution in [2.24, 2.45) is 0 Å². The summed E-state index contributed by atoms with van der Waals surface area (Å²) in [5.74, 6) is 0.405. The smallest absolute Gasteiger partial charge is 0.288 e. The van der Waals surface area contributed by atoms with Gasteiger partial charge in [-0.05, 0) is 29.7 Å². The molecule has 1 amide bonds. The monoisotopic (exact) mass is 221 g/mol. The van der Waals surface area contributed by atoms with Crippen molar-refractivity contribution >= 4 is 17.9 Å². The van der Waals surface area contributed by atoms with E-state index in [1.54, 1.807) is 19.2 Å². The van der Waals surface area contributed by atoms with Crippen LogP contribution < -0.4 is 10.1 Å². The van der Waals surface area contributed by atoms with Crippen molar-refractivity contribution in [1.29, 1.82) is 0 Å². The van der Waals surface area contributed by atoms with E-state index in [-0.39, 0.29) is 12.2 Å². The van der Waals surface area contributed by atoms with Crippen LogP contribution in [0.2, 0.25) is 0 Å². The first-order valence-corrected chi connectivity index (χ1v) is 5.02. The standard InChI is InChI=1S/C12H15NO3/c1-8(2)10-6-9(13-12(15)7-14)4-5-11(10)16-3/h4-8H,1-3H3,(H,13,15). The fraction of sp³-hybridized carbons (Fsp3) is 0.333. The Morgan fingerprint density at radius 2 is 2.12 bits per heavy atom.